The van der Waals surface area contributed by atoms with E-state index >= 15 is 0 Å². The van der Waals surface area contributed by atoms with Crippen molar-refractivity contribution < 1.29 is 0 Å². The molecule has 0 atom stereocenters. The van der Waals surface area contributed by atoms with Gasteiger partial charge in [-0.15, -0.1) is 0 Å². The van der Waals surface area contributed by atoms with Gasteiger partial charge in [0.25, 0.3) is 0 Å². The zero-order valence-electron chi connectivity index (χ0n) is 11.6. The molecule has 0 unspecified atom stereocenters. The van der Waals surface area contributed by atoms with Gasteiger partial charge < -0.3 is 5.32 Å². The number of nitrogens with zero attached hydrogens (tertiary/aromatic N) is 2. The van der Waals surface area contributed by atoms with Gasteiger partial charge >= 0.3 is 0 Å². The molecule has 1 saturated carbocycles. The van der Waals surface area contributed by atoms with Crippen molar-refractivity contribution in [3.63, 3.8) is 0 Å². The molecule has 1 aromatic heterocycles. The molecule has 1 aliphatic carbocycles. The second kappa shape index (κ2) is 5.28. The van der Waals surface area contributed by atoms with E-state index in [1.807, 2.05) is 24.5 Å². The summed E-state index contributed by atoms with van der Waals surface area (Å²) < 4.78 is 3.27. The van der Waals surface area contributed by atoms with Gasteiger partial charge in [-0.25, -0.2) is 4.98 Å². The van der Waals surface area contributed by atoms with E-state index < -0.39 is 0 Å². The van der Waals surface area contributed by atoms with Crippen molar-refractivity contribution in [3.05, 3.63) is 58.8 Å². The molecule has 0 amide bonds. The highest BCUT2D eigenvalue weighted by atomic mass is 79.9. The molecule has 1 aliphatic rings. The fraction of sp³-hybridized carbons (Fsp3) is 0.235. The molecule has 0 spiro atoms. The van der Waals surface area contributed by atoms with Gasteiger partial charge in [0, 0.05) is 22.7 Å². The Bertz CT molecular complexity index is 790. The normalized spacial score (nSPS) is 14.7. The lowest BCUT2D eigenvalue weighted by Crippen LogP contribution is -2.15. The van der Waals surface area contributed by atoms with Crippen LogP contribution in [0.1, 0.15) is 18.4 Å². The third-order valence-corrected chi connectivity index (χ3v) is 4.67. The molecule has 4 rings (SSSR count). The van der Waals surface area contributed by atoms with Crippen LogP contribution < -0.4 is 5.32 Å². The highest BCUT2D eigenvalue weighted by Gasteiger charge is 2.20. The molecule has 106 valence electrons. The molecular weight excluding hydrogens is 326 g/mol. The quantitative estimate of drug-likeness (QED) is 0.776. The first-order valence-corrected chi connectivity index (χ1v) is 8.05. The molecule has 0 bridgehead atoms. The first-order chi connectivity index (χ1) is 10.3. The fourth-order valence-electron chi connectivity index (χ4n) is 2.54. The number of aromatic nitrogens is 2. The van der Waals surface area contributed by atoms with Gasteiger partial charge in [-0.2, -0.15) is 0 Å². The topological polar surface area (TPSA) is 29.9 Å². The van der Waals surface area contributed by atoms with E-state index in [-0.39, 0.29) is 0 Å². The van der Waals surface area contributed by atoms with Crippen LogP contribution in [-0.4, -0.2) is 15.6 Å². The summed E-state index contributed by atoms with van der Waals surface area (Å²) in [5, 5.41) is 3.55. The lowest BCUT2D eigenvalue weighted by molar-refractivity contribution is 0.686. The van der Waals surface area contributed by atoms with Crippen molar-refractivity contribution in [1.29, 1.82) is 0 Å². The van der Waals surface area contributed by atoms with E-state index in [1.54, 1.807) is 0 Å². The van der Waals surface area contributed by atoms with Gasteiger partial charge in [0.05, 0.1) is 11.0 Å². The molecule has 4 heteroatoms. The number of para-hydroxylation sites is 2. The lowest BCUT2D eigenvalue weighted by Gasteiger charge is -2.10. The molecule has 3 nitrogen and oxygen atoms in total. The van der Waals surface area contributed by atoms with Crippen molar-refractivity contribution in [2.75, 3.05) is 0 Å². The summed E-state index contributed by atoms with van der Waals surface area (Å²) in [6, 6.07) is 15.4. The van der Waals surface area contributed by atoms with Gasteiger partial charge in [0.2, 0.25) is 0 Å². The van der Waals surface area contributed by atoms with Gasteiger partial charge in [-0.1, -0.05) is 34.1 Å². The van der Waals surface area contributed by atoms with Crippen molar-refractivity contribution in [2.24, 2.45) is 0 Å². The predicted octanol–water partition coefficient (Wildman–Crippen LogP) is 4.04. The van der Waals surface area contributed by atoms with Gasteiger partial charge in [0.1, 0.15) is 6.33 Å². The van der Waals surface area contributed by atoms with Crippen molar-refractivity contribution in [3.8, 4) is 5.69 Å². The summed E-state index contributed by atoms with van der Waals surface area (Å²) in [6.45, 7) is 0.927. The zero-order chi connectivity index (χ0) is 14.2. The molecule has 0 radical (unpaired) electrons. The number of hydrogen-bond donors (Lipinski definition) is 1. The maximum atomic E-state index is 4.45. The van der Waals surface area contributed by atoms with Crippen molar-refractivity contribution in [1.82, 2.24) is 14.9 Å². The summed E-state index contributed by atoms with van der Waals surface area (Å²) in [5.74, 6) is 0. The van der Waals surface area contributed by atoms with Gasteiger partial charge in [-0.3, -0.25) is 4.57 Å². The minimum Gasteiger partial charge on any atom is -0.310 e. The molecular formula is C17H16BrN3. The third kappa shape index (κ3) is 2.61. The number of benzene rings is 2. The summed E-state index contributed by atoms with van der Waals surface area (Å²) in [7, 11) is 0. The van der Waals surface area contributed by atoms with Crippen LogP contribution in [0.25, 0.3) is 16.7 Å². The maximum Gasteiger partial charge on any atom is 0.100 e. The maximum absolute atomic E-state index is 4.45. The number of halogens is 1. The Morgan fingerprint density at radius 2 is 2.05 bits per heavy atom. The second-order valence-corrected chi connectivity index (χ2v) is 6.39. The SMILES string of the molecule is Brc1cc(-n2cnc3ccccc32)ccc1CNC1CC1. The molecule has 2 aromatic carbocycles. The largest absolute Gasteiger partial charge is 0.310 e. The predicted molar refractivity (Wildman–Crippen MR) is 88.6 cm³/mol. The van der Waals surface area contributed by atoms with Crippen LogP contribution in [0, 0.1) is 0 Å². The smallest absolute Gasteiger partial charge is 0.100 e. The highest BCUT2D eigenvalue weighted by Crippen LogP contribution is 2.25. The first kappa shape index (κ1) is 13.0. The average molecular weight is 342 g/mol. The first-order valence-electron chi connectivity index (χ1n) is 7.25. The third-order valence-electron chi connectivity index (χ3n) is 3.93. The van der Waals surface area contributed by atoms with Gasteiger partial charge in [0.15, 0.2) is 0 Å². The van der Waals surface area contributed by atoms with E-state index in [4.69, 9.17) is 0 Å². The van der Waals surface area contributed by atoms with Crippen LogP contribution in [0.3, 0.4) is 0 Å². The number of imidazole rings is 1. The summed E-state index contributed by atoms with van der Waals surface area (Å²) in [5.41, 5.74) is 4.59. The number of fused-ring (bicyclic) bond motifs is 1. The molecule has 0 saturated heterocycles. The second-order valence-electron chi connectivity index (χ2n) is 5.53. The van der Waals surface area contributed by atoms with Gasteiger partial charge in [-0.05, 0) is 42.7 Å². The van der Waals surface area contributed by atoms with E-state index in [9.17, 15) is 0 Å². The Kier molecular flexibility index (Phi) is 3.28. The summed E-state index contributed by atoms with van der Waals surface area (Å²) in [6.07, 6.45) is 4.52. The van der Waals surface area contributed by atoms with Crippen LogP contribution in [0.4, 0.5) is 0 Å². The molecule has 1 fully saturated rings. The Labute approximate surface area is 132 Å². The van der Waals surface area contributed by atoms with E-state index in [0.717, 1.165) is 33.8 Å². The molecule has 1 N–H and O–H groups in total. The van der Waals surface area contributed by atoms with Crippen LogP contribution in [0.2, 0.25) is 0 Å². The zero-order valence-corrected chi connectivity index (χ0v) is 13.2. The molecule has 1 heterocycles. The number of nitrogens with one attached hydrogen (secondary N) is 1. The molecule has 0 aliphatic heterocycles. The van der Waals surface area contributed by atoms with E-state index in [1.165, 1.54) is 18.4 Å². The Morgan fingerprint density at radius 3 is 2.86 bits per heavy atom. The summed E-state index contributed by atoms with van der Waals surface area (Å²) in [4.78, 5) is 4.45. The fourth-order valence-corrected chi connectivity index (χ4v) is 3.04. The minimum absolute atomic E-state index is 0.731. The molecule has 21 heavy (non-hydrogen) atoms. The highest BCUT2D eigenvalue weighted by molar-refractivity contribution is 9.10. The molecule has 3 aromatic rings. The van der Waals surface area contributed by atoms with Crippen molar-refractivity contribution in [2.45, 2.75) is 25.4 Å². The Balaban J connectivity index is 1.67. The minimum atomic E-state index is 0.731. The standard InChI is InChI=1S/C17H16BrN3/c18-15-9-14(8-5-12(15)10-19-13-6-7-13)21-11-20-16-3-1-2-4-17(16)21/h1-5,8-9,11,13,19H,6-7,10H2. The van der Waals surface area contributed by atoms with Crippen molar-refractivity contribution >= 4 is 27.0 Å². The van der Waals surface area contributed by atoms with E-state index in [2.05, 4.69) is 55.1 Å². The van der Waals surface area contributed by atoms with E-state index in [0.29, 0.717) is 0 Å². The number of rotatable bonds is 4. The Hall–Kier alpha value is -1.65. The monoisotopic (exact) mass is 341 g/mol. The summed E-state index contributed by atoms with van der Waals surface area (Å²) >= 11 is 3.69. The average Bonchev–Trinajstić information content (AvgIpc) is 3.23. The van der Waals surface area contributed by atoms with Crippen LogP contribution in [-0.2, 0) is 6.54 Å². The Morgan fingerprint density at radius 1 is 1.19 bits per heavy atom. The lowest BCUT2D eigenvalue weighted by atomic mass is 10.2. The van der Waals surface area contributed by atoms with Crippen LogP contribution >= 0.6 is 15.9 Å². The van der Waals surface area contributed by atoms with Crippen LogP contribution in [0.15, 0.2) is 53.3 Å². The van der Waals surface area contributed by atoms with Crippen LogP contribution in [0.5, 0.6) is 0 Å². The number of hydrogen-bond acceptors (Lipinski definition) is 2.